The molecule has 0 saturated carbocycles. The number of morpholine rings is 1. The normalized spacial score (nSPS) is 15.3. The van der Waals surface area contributed by atoms with Crippen LogP contribution in [0.25, 0.3) is 5.82 Å². The Morgan fingerprint density at radius 3 is 2.56 bits per heavy atom. The standard InChI is InChI=1S/C24H30N6O2/c1-18-14-19(2)30(28-18)23-9-8-20(15-25-23)16-26-24(31)27-22(21-6-4-3-5-7-21)17-29-10-12-32-13-11-29/h3-9,14-15,22H,10-13,16-17H2,1-2H3,(H2,26,27,31). The molecule has 1 aliphatic rings. The van der Waals surface area contributed by atoms with Crippen LogP contribution in [0, 0.1) is 13.8 Å². The van der Waals surface area contributed by atoms with Gasteiger partial charge in [0, 0.05) is 38.1 Å². The van der Waals surface area contributed by atoms with Crippen LogP contribution < -0.4 is 10.6 Å². The number of aromatic nitrogens is 3. The lowest BCUT2D eigenvalue weighted by Gasteiger charge is -2.31. The van der Waals surface area contributed by atoms with Gasteiger partial charge in [-0.2, -0.15) is 5.10 Å². The number of urea groups is 1. The van der Waals surface area contributed by atoms with Crippen LogP contribution in [0.4, 0.5) is 4.79 Å². The quantitative estimate of drug-likeness (QED) is 0.597. The minimum atomic E-state index is -0.199. The van der Waals surface area contributed by atoms with Crippen molar-refractivity contribution in [3.05, 3.63) is 77.2 Å². The van der Waals surface area contributed by atoms with Crippen molar-refractivity contribution in [1.29, 1.82) is 0 Å². The Labute approximate surface area is 188 Å². The molecule has 2 amide bonds. The predicted octanol–water partition coefficient (Wildman–Crippen LogP) is 2.76. The van der Waals surface area contributed by atoms with Crippen molar-refractivity contribution in [3.63, 3.8) is 0 Å². The van der Waals surface area contributed by atoms with Gasteiger partial charge in [-0.25, -0.2) is 14.5 Å². The van der Waals surface area contributed by atoms with E-state index in [4.69, 9.17) is 4.74 Å². The molecule has 1 saturated heterocycles. The zero-order chi connectivity index (χ0) is 22.3. The summed E-state index contributed by atoms with van der Waals surface area (Å²) in [5.74, 6) is 0.762. The SMILES string of the molecule is Cc1cc(C)n(-c2ccc(CNC(=O)NC(CN3CCOCC3)c3ccccc3)cn2)n1. The van der Waals surface area contributed by atoms with Crippen molar-refractivity contribution in [2.75, 3.05) is 32.8 Å². The molecule has 8 nitrogen and oxygen atoms in total. The number of hydrogen-bond donors (Lipinski definition) is 2. The summed E-state index contributed by atoms with van der Waals surface area (Å²) in [4.78, 5) is 19.5. The van der Waals surface area contributed by atoms with Gasteiger partial charge in [-0.05, 0) is 37.1 Å². The Hall–Kier alpha value is -3.23. The van der Waals surface area contributed by atoms with Crippen LogP contribution in [0.5, 0.6) is 0 Å². The number of rotatable bonds is 7. The fourth-order valence-corrected chi connectivity index (χ4v) is 3.86. The van der Waals surface area contributed by atoms with E-state index in [0.717, 1.165) is 61.2 Å². The molecule has 1 atom stereocenters. The predicted molar refractivity (Wildman–Crippen MR) is 123 cm³/mol. The first-order chi connectivity index (χ1) is 15.6. The van der Waals surface area contributed by atoms with E-state index in [1.807, 2.05) is 67.1 Å². The molecule has 0 radical (unpaired) electrons. The number of carbonyl (C=O) groups is 1. The average Bonchev–Trinajstić information content (AvgIpc) is 3.16. The van der Waals surface area contributed by atoms with Crippen molar-refractivity contribution < 1.29 is 9.53 Å². The Kier molecular flexibility index (Phi) is 7.14. The highest BCUT2D eigenvalue weighted by Crippen LogP contribution is 2.15. The summed E-state index contributed by atoms with van der Waals surface area (Å²) in [5, 5.41) is 10.5. The van der Waals surface area contributed by atoms with Gasteiger partial charge >= 0.3 is 6.03 Å². The molecular weight excluding hydrogens is 404 g/mol. The van der Waals surface area contributed by atoms with Crippen LogP contribution >= 0.6 is 0 Å². The van der Waals surface area contributed by atoms with Gasteiger partial charge in [0.1, 0.15) is 0 Å². The third-order valence-corrected chi connectivity index (χ3v) is 5.54. The molecule has 2 N–H and O–H groups in total. The van der Waals surface area contributed by atoms with Gasteiger partial charge in [-0.1, -0.05) is 36.4 Å². The molecule has 8 heteroatoms. The summed E-state index contributed by atoms with van der Waals surface area (Å²) >= 11 is 0. The second-order valence-corrected chi connectivity index (χ2v) is 8.07. The summed E-state index contributed by atoms with van der Waals surface area (Å²) in [6.45, 7) is 8.32. The third-order valence-electron chi connectivity index (χ3n) is 5.54. The molecule has 1 aromatic carbocycles. The maximum atomic E-state index is 12.7. The number of hydrogen-bond acceptors (Lipinski definition) is 5. The Balaban J connectivity index is 1.35. The zero-order valence-electron chi connectivity index (χ0n) is 18.6. The van der Waals surface area contributed by atoms with E-state index in [2.05, 4.69) is 25.6 Å². The Morgan fingerprint density at radius 1 is 1.12 bits per heavy atom. The number of pyridine rings is 1. The van der Waals surface area contributed by atoms with E-state index >= 15 is 0 Å². The summed E-state index contributed by atoms with van der Waals surface area (Å²) in [6.07, 6.45) is 1.77. The first-order valence-electron chi connectivity index (χ1n) is 11.0. The number of aryl methyl sites for hydroxylation is 2. The van der Waals surface area contributed by atoms with Crippen LogP contribution in [0.2, 0.25) is 0 Å². The highest BCUT2D eigenvalue weighted by Gasteiger charge is 2.20. The molecule has 1 fully saturated rings. The van der Waals surface area contributed by atoms with Crippen molar-refractivity contribution >= 4 is 6.03 Å². The van der Waals surface area contributed by atoms with Crippen molar-refractivity contribution in [1.82, 2.24) is 30.3 Å². The van der Waals surface area contributed by atoms with E-state index in [0.29, 0.717) is 6.54 Å². The lowest BCUT2D eigenvalue weighted by atomic mass is 10.1. The van der Waals surface area contributed by atoms with Crippen molar-refractivity contribution in [2.45, 2.75) is 26.4 Å². The van der Waals surface area contributed by atoms with Crippen LogP contribution in [-0.4, -0.2) is 58.5 Å². The molecule has 0 spiro atoms. The van der Waals surface area contributed by atoms with Crippen molar-refractivity contribution in [3.8, 4) is 5.82 Å². The molecule has 2 aromatic heterocycles. The van der Waals surface area contributed by atoms with E-state index in [9.17, 15) is 4.79 Å². The molecule has 1 aliphatic heterocycles. The van der Waals surface area contributed by atoms with Crippen molar-refractivity contribution in [2.24, 2.45) is 0 Å². The van der Waals surface area contributed by atoms with Gasteiger partial charge in [0.05, 0.1) is 24.9 Å². The van der Waals surface area contributed by atoms with Gasteiger partial charge in [0.15, 0.2) is 5.82 Å². The van der Waals surface area contributed by atoms with Gasteiger partial charge in [0.2, 0.25) is 0 Å². The summed E-state index contributed by atoms with van der Waals surface area (Å²) < 4.78 is 7.26. The van der Waals surface area contributed by atoms with E-state index in [1.165, 1.54) is 0 Å². The highest BCUT2D eigenvalue weighted by molar-refractivity contribution is 5.74. The molecule has 4 rings (SSSR count). The molecule has 0 aliphatic carbocycles. The highest BCUT2D eigenvalue weighted by atomic mass is 16.5. The summed E-state index contributed by atoms with van der Waals surface area (Å²) in [6, 6.07) is 15.7. The maximum Gasteiger partial charge on any atom is 0.315 e. The fraction of sp³-hybridized carbons (Fsp3) is 0.375. The van der Waals surface area contributed by atoms with Gasteiger partial charge in [-0.15, -0.1) is 0 Å². The smallest absolute Gasteiger partial charge is 0.315 e. The summed E-state index contributed by atoms with van der Waals surface area (Å²) in [5.41, 5.74) is 4.00. The van der Waals surface area contributed by atoms with E-state index in [-0.39, 0.29) is 12.1 Å². The lowest BCUT2D eigenvalue weighted by molar-refractivity contribution is 0.0340. The monoisotopic (exact) mass is 434 g/mol. The lowest BCUT2D eigenvalue weighted by Crippen LogP contribution is -2.45. The second-order valence-electron chi connectivity index (χ2n) is 8.07. The van der Waals surface area contributed by atoms with Crippen LogP contribution in [0.1, 0.15) is 28.6 Å². The molecular formula is C24H30N6O2. The molecule has 32 heavy (non-hydrogen) atoms. The Bertz CT molecular complexity index is 1010. The molecule has 0 bridgehead atoms. The Morgan fingerprint density at radius 2 is 1.91 bits per heavy atom. The zero-order valence-corrected chi connectivity index (χ0v) is 18.6. The van der Waals surface area contributed by atoms with E-state index in [1.54, 1.807) is 6.20 Å². The van der Waals surface area contributed by atoms with Gasteiger partial charge in [-0.3, -0.25) is 4.90 Å². The topological polar surface area (TPSA) is 84.3 Å². The first-order valence-corrected chi connectivity index (χ1v) is 11.0. The fourth-order valence-electron chi connectivity index (χ4n) is 3.86. The van der Waals surface area contributed by atoms with Gasteiger partial charge < -0.3 is 15.4 Å². The number of benzene rings is 1. The number of amides is 2. The summed E-state index contributed by atoms with van der Waals surface area (Å²) in [7, 11) is 0. The third kappa shape index (κ3) is 5.72. The minimum absolute atomic E-state index is 0.0965. The molecule has 3 aromatic rings. The number of nitrogens with one attached hydrogen (secondary N) is 2. The van der Waals surface area contributed by atoms with E-state index < -0.39 is 0 Å². The van der Waals surface area contributed by atoms with Crippen LogP contribution in [0.15, 0.2) is 54.7 Å². The number of nitrogens with zero attached hydrogens (tertiary/aromatic N) is 4. The number of ether oxygens (including phenoxy) is 1. The largest absolute Gasteiger partial charge is 0.379 e. The molecule has 168 valence electrons. The molecule has 1 unspecified atom stereocenters. The van der Waals surface area contributed by atoms with Crippen LogP contribution in [0.3, 0.4) is 0 Å². The molecule has 3 heterocycles. The first kappa shape index (κ1) is 22.0. The second kappa shape index (κ2) is 10.4. The number of carbonyl (C=O) groups excluding carboxylic acids is 1. The maximum absolute atomic E-state index is 12.7. The minimum Gasteiger partial charge on any atom is -0.379 e. The van der Waals surface area contributed by atoms with Gasteiger partial charge in [0.25, 0.3) is 0 Å². The van der Waals surface area contributed by atoms with Crippen LogP contribution in [-0.2, 0) is 11.3 Å². The average molecular weight is 435 g/mol.